The molecular formula is C22H20F2N2O4S. The third kappa shape index (κ3) is 5.79. The molecule has 2 N–H and O–H groups in total. The molecule has 0 bridgehead atoms. The molecule has 6 nitrogen and oxygen atoms in total. The molecule has 0 heterocycles. The molecule has 0 atom stereocenters. The fraction of sp³-hybridized carbons (Fsp3) is 0.136. The van der Waals surface area contributed by atoms with E-state index in [1.165, 1.54) is 54.6 Å². The summed E-state index contributed by atoms with van der Waals surface area (Å²) in [6.45, 7) is 0.758. The molecule has 0 saturated heterocycles. The van der Waals surface area contributed by atoms with Gasteiger partial charge < -0.3 is 10.1 Å². The molecule has 3 aromatic carbocycles. The van der Waals surface area contributed by atoms with Crippen molar-refractivity contribution in [3.8, 4) is 5.75 Å². The lowest BCUT2D eigenvalue weighted by Crippen LogP contribution is -2.14. The van der Waals surface area contributed by atoms with Crippen molar-refractivity contribution >= 4 is 27.3 Å². The van der Waals surface area contributed by atoms with Gasteiger partial charge in [-0.1, -0.05) is 12.1 Å². The van der Waals surface area contributed by atoms with Crippen LogP contribution in [0.15, 0.2) is 71.6 Å². The van der Waals surface area contributed by atoms with Gasteiger partial charge in [0.1, 0.15) is 5.75 Å². The number of rotatable bonds is 7. The van der Waals surface area contributed by atoms with Gasteiger partial charge in [0.2, 0.25) is 0 Å². The fourth-order valence-electron chi connectivity index (χ4n) is 2.74. The maximum atomic E-state index is 12.6. The summed E-state index contributed by atoms with van der Waals surface area (Å²) < 4.78 is 56.6. The van der Waals surface area contributed by atoms with Crippen LogP contribution in [0.3, 0.4) is 0 Å². The molecule has 0 radical (unpaired) electrons. The average Bonchev–Trinajstić information content (AvgIpc) is 2.70. The number of hydrogen-bond donors (Lipinski definition) is 2. The summed E-state index contributed by atoms with van der Waals surface area (Å²) in [5, 5.41) is 2.57. The standard InChI is InChI=1S/C22H20F2N2O4S/c1-14-6-11-20(12-15(14)2)31(28,29)26-17-9-7-16(8-10-17)21(27)25-18-4-3-5-19(13-18)30-22(23)24/h3-13,22,26H,1-2H3,(H,25,27). The van der Waals surface area contributed by atoms with Crippen molar-refractivity contribution in [2.45, 2.75) is 25.4 Å². The smallest absolute Gasteiger partial charge is 0.387 e. The SMILES string of the molecule is Cc1ccc(S(=O)(=O)Nc2ccc(C(=O)Nc3cccc(OC(F)F)c3)cc2)cc1C. The number of carbonyl (C=O) groups excluding carboxylic acids is 1. The minimum atomic E-state index is -3.77. The van der Waals surface area contributed by atoms with Gasteiger partial charge in [-0.05, 0) is 73.5 Å². The summed E-state index contributed by atoms with van der Waals surface area (Å²) in [5.41, 5.74) is 2.68. The van der Waals surface area contributed by atoms with Gasteiger partial charge >= 0.3 is 6.61 Å². The highest BCUT2D eigenvalue weighted by molar-refractivity contribution is 7.92. The Morgan fingerprint density at radius 3 is 2.26 bits per heavy atom. The van der Waals surface area contributed by atoms with Crippen LogP contribution in [0, 0.1) is 13.8 Å². The Labute approximate surface area is 178 Å². The van der Waals surface area contributed by atoms with E-state index in [0.29, 0.717) is 5.69 Å². The molecule has 1 amide bonds. The lowest BCUT2D eigenvalue weighted by molar-refractivity contribution is -0.0498. The van der Waals surface area contributed by atoms with Crippen molar-refractivity contribution < 1.29 is 26.7 Å². The second-order valence-electron chi connectivity index (χ2n) is 6.79. The minimum absolute atomic E-state index is 0.0797. The molecule has 3 aromatic rings. The molecule has 9 heteroatoms. The van der Waals surface area contributed by atoms with Crippen molar-refractivity contribution in [3.05, 3.63) is 83.4 Å². The Balaban J connectivity index is 1.69. The normalized spacial score (nSPS) is 11.3. The molecular weight excluding hydrogens is 426 g/mol. The number of halogens is 2. The van der Waals surface area contributed by atoms with Gasteiger partial charge in [-0.25, -0.2) is 8.42 Å². The van der Waals surface area contributed by atoms with Crippen LogP contribution in [-0.2, 0) is 10.0 Å². The lowest BCUT2D eigenvalue weighted by atomic mass is 10.1. The first kappa shape index (κ1) is 22.2. The van der Waals surface area contributed by atoms with E-state index >= 15 is 0 Å². The van der Waals surface area contributed by atoms with Crippen LogP contribution in [0.4, 0.5) is 20.2 Å². The van der Waals surface area contributed by atoms with E-state index in [1.54, 1.807) is 12.1 Å². The summed E-state index contributed by atoms with van der Waals surface area (Å²) in [4.78, 5) is 12.5. The van der Waals surface area contributed by atoms with Gasteiger partial charge in [-0.3, -0.25) is 9.52 Å². The summed E-state index contributed by atoms with van der Waals surface area (Å²) in [7, 11) is -3.77. The van der Waals surface area contributed by atoms with Crippen LogP contribution in [0.2, 0.25) is 0 Å². The molecule has 0 fully saturated rings. The van der Waals surface area contributed by atoms with E-state index in [1.807, 2.05) is 13.8 Å². The van der Waals surface area contributed by atoms with Crippen LogP contribution in [-0.4, -0.2) is 20.9 Å². The fourth-order valence-corrected chi connectivity index (χ4v) is 3.88. The summed E-state index contributed by atoms with van der Waals surface area (Å²) in [6, 6.07) is 16.3. The topological polar surface area (TPSA) is 84.5 Å². The van der Waals surface area contributed by atoms with Gasteiger partial charge in [0.25, 0.3) is 15.9 Å². The van der Waals surface area contributed by atoms with Crippen LogP contribution in [0.1, 0.15) is 21.5 Å². The summed E-state index contributed by atoms with van der Waals surface area (Å²) in [5.74, 6) is -0.568. The van der Waals surface area contributed by atoms with Gasteiger partial charge in [0.15, 0.2) is 0 Å². The Morgan fingerprint density at radius 2 is 1.61 bits per heavy atom. The number of alkyl halides is 2. The number of hydrogen-bond acceptors (Lipinski definition) is 4. The van der Waals surface area contributed by atoms with Gasteiger partial charge in [-0.2, -0.15) is 8.78 Å². The van der Waals surface area contributed by atoms with Crippen molar-refractivity contribution in [2.75, 3.05) is 10.0 Å². The van der Waals surface area contributed by atoms with E-state index < -0.39 is 22.5 Å². The van der Waals surface area contributed by atoms with Crippen molar-refractivity contribution in [1.29, 1.82) is 0 Å². The summed E-state index contributed by atoms with van der Waals surface area (Å²) >= 11 is 0. The predicted octanol–water partition coefficient (Wildman–Crippen LogP) is 4.96. The predicted molar refractivity (Wildman–Crippen MR) is 114 cm³/mol. The molecule has 0 aliphatic heterocycles. The zero-order valence-electron chi connectivity index (χ0n) is 16.7. The number of aryl methyl sites for hydroxylation is 2. The lowest BCUT2D eigenvalue weighted by Gasteiger charge is -2.11. The largest absolute Gasteiger partial charge is 0.435 e. The zero-order chi connectivity index (χ0) is 22.6. The monoisotopic (exact) mass is 446 g/mol. The summed E-state index contributed by atoms with van der Waals surface area (Å²) in [6.07, 6.45) is 0. The van der Waals surface area contributed by atoms with Crippen molar-refractivity contribution in [3.63, 3.8) is 0 Å². The maximum Gasteiger partial charge on any atom is 0.387 e. The number of carbonyl (C=O) groups is 1. The highest BCUT2D eigenvalue weighted by Crippen LogP contribution is 2.22. The quantitative estimate of drug-likeness (QED) is 0.537. The van der Waals surface area contributed by atoms with E-state index in [9.17, 15) is 22.0 Å². The third-order valence-corrected chi connectivity index (χ3v) is 5.88. The van der Waals surface area contributed by atoms with Crippen molar-refractivity contribution in [1.82, 2.24) is 0 Å². The molecule has 0 saturated carbocycles. The van der Waals surface area contributed by atoms with Gasteiger partial charge in [0.05, 0.1) is 4.90 Å². The van der Waals surface area contributed by atoms with Gasteiger partial charge in [-0.15, -0.1) is 0 Å². The number of anilines is 2. The first-order valence-electron chi connectivity index (χ1n) is 9.20. The number of ether oxygens (including phenoxy) is 1. The third-order valence-electron chi connectivity index (χ3n) is 4.51. The molecule has 3 rings (SSSR count). The Kier molecular flexibility index (Phi) is 6.55. The van der Waals surface area contributed by atoms with Crippen LogP contribution in [0.25, 0.3) is 0 Å². The van der Waals surface area contributed by atoms with Crippen molar-refractivity contribution in [2.24, 2.45) is 0 Å². The molecule has 0 aliphatic carbocycles. The van der Waals surface area contributed by atoms with E-state index in [2.05, 4.69) is 14.8 Å². The first-order chi connectivity index (χ1) is 14.6. The Bertz CT molecular complexity index is 1200. The highest BCUT2D eigenvalue weighted by Gasteiger charge is 2.15. The van der Waals surface area contributed by atoms with Gasteiger partial charge in [0, 0.05) is 23.0 Å². The van der Waals surface area contributed by atoms with Crippen LogP contribution >= 0.6 is 0 Å². The molecule has 0 aromatic heterocycles. The van der Waals surface area contributed by atoms with E-state index in [0.717, 1.165) is 11.1 Å². The number of benzene rings is 3. The number of sulfonamides is 1. The second kappa shape index (κ2) is 9.13. The van der Waals surface area contributed by atoms with E-state index in [4.69, 9.17) is 0 Å². The molecule has 0 aliphatic rings. The number of nitrogens with one attached hydrogen (secondary N) is 2. The van der Waals surface area contributed by atoms with E-state index in [-0.39, 0.29) is 21.9 Å². The molecule has 0 unspecified atom stereocenters. The molecule has 162 valence electrons. The highest BCUT2D eigenvalue weighted by atomic mass is 32.2. The Morgan fingerprint density at radius 1 is 0.903 bits per heavy atom. The molecule has 0 spiro atoms. The minimum Gasteiger partial charge on any atom is -0.435 e. The Hall–Kier alpha value is -3.46. The first-order valence-corrected chi connectivity index (χ1v) is 10.7. The second-order valence-corrected chi connectivity index (χ2v) is 8.47. The zero-order valence-corrected chi connectivity index (χ0v) is 17.5. The molecule has 31 heavy (non-hydrogen) atoms. The van der Waals surface area contributed by atoms with Crippen LogP contribution in [0.5, 0.6) is 5.75 Å². The average molecular weight is 446 g/mol. The number of amides is 1. The maximum absolute atomic E-state index is 12.6. The van der Waals surface area contributed by atoms with Crippen LogP contribution < -0.4 is 14.8 Å².